The van der Waals surface area contributed by atoms with Crippen LogP contribution in [-0.2, 0) is 0 Å². The Hall–Kier alpha value is -1.23. The first-order valence-electron chi connectivity index (χ1n) is 3.98. The van der Waals surface area contributed by atoms with E-state index in [2.05, 4.69) is 9.97 Å². The Morgan fingerprint density at radius 1 is 1.54 bits per heavy atom. The molecule has 1 aromatic rings. The van der Waals surface area contributed by atoms with Gasteiger partial charge in [0.05, 0.1) is 12.4 Å². The number of hydrogen-bond acceptors (Lipinski definition) is 4. The summed E-state index contributed by atoms with van der Waals surface area (Å²) in [6.07, 6.45) is 3.25. The first-order chi connectivity index (χ1) is 6.15. The van der Waals surface area contributed by atoms with Gasteiger partial charge >= 0.3 is 0 Å². The molecule has 0 bridgehead atoms. The van der Waals surface area contributed by atoms with E-state index in [1.54, 1.807) is 12.4 Å². The van der Waals surface area contributed by atoms with Gasteiger partial charge in [0.1, 0.15) is 16.5 Å². The third-order valence-corrected chi connectivity index (χ3v) is 1.97. The summed E-state index contributed by atoms with van der Waals surface area (Å²) in [4.78, 5) is 10.5. The standard InChI is InChI=1S/C8H12N4S/c1-3-12(2)7-5-10-6(4-11-7)8(9)13/h4-5H,3H2,1-2H3,(H2,9,13). The van der Waals surface area contributed by atoms with Crippen LogP contribution in [0.5, 0.6) is 0 Å². The minimum absolute atomic E-state index is 0.276. The van der Waals surface area contributed by atoms with Crippen LogP contribution in [0, 0.1) is 0 Å². The Bertz CT molecular complexity index is 296. The Labute approximate surface area is 82.8 Å². The van der Waals surface area contributed by atoms with Crippen molar-refractivity contribution < 1.29 is 0 Å². The van der Waals surface area contributed by atoms with Gasteiger partial charge in [-0.3, -0.25) is 0 Å². The van der Waals surface area contributed by atoms with Crippen molar-refractivity contribution in [2.45, 2.75) is 6.92 Å². The number of anilines is 1. The average molecular weight is 196 g/mol. The molecule has 0 spiro atoms. The number of aromatic nitrogens is 2. The lowest BCUT2D eigenvalue weighted by atomic mass is 10.4. The third-order valence-electron chi connectivity index (χ3n) is 1.76. The second-order valence-corrected chi connectivity index (χ2v) is 3.08. The molecule has 5 heteroatoms. The number of rotatable bonds is 3. The highest BCUT2D eigenvalue weighted by Gasteiger charge is 2.01. The van der Waals surface area contributed by atoms with Crippen LogP contribution in [0.4, 0.5) is 5.82 Å². The average Bonchev–Trinajstić information content (AvgIpc) is 2.17. The zero-order valence-electron chi connectivity index (χ0n) is 7.69. The van der Waals surface area contributed by atoms with Gasteiger partial charge < -0.3 is 10.6 Å². The highest BCUT2D eigenvalue weighted by molar-refractivity contribution is 7.80. The number of thiocarbonyl (C=S) groups is 1. The molecule has 0 aliphatic rings. The van der Waals surface area contributed by atoms with E-state index in [0.717, 1.165) is 12.4 Å². The van der Waals surface area contributed by atoms with Crippen molar-refractivity contribution in [3.8, 4) is 0 Å². The second kappa shape index (κ2) is 4.13. The zero-order valence-corrected chi connectivity index (χ0v) is 8.51. The van der Waals surface area contributed by atoms with Crippen LogP contribution in [0.1, 0.15) is 12.6 Å². The van der Waals surface area contributed by atoms with E-state index in [4.69, 9.17) is 18.0 Å². The van der Waals surface area contributed by atoms with E-state index in [1.807, 2.05) is 18.9 Å². The van der Waals surface area contributed by atoms with Gasteiger partial charge in [-0.25, -0.2) is 9.97 Å². The van der Waals surface area contributed by atoms with Crippen LogP contribution in [0.2, 0.25) is 0 Å². The van der Waals surface area contributed by atoms with E-state index in [9.17, 15) is 0 Å². The van der Waals surface area contributed by atoms with Crippen molar-refractivity contribution in [2.24, 2.45) is 5.73 Å². The number of nitrogens with two attached hydrogens (primary N) is 1. The SMILES string of the molecule is CCN(C)c1cnc(C(N)=S)cn1. The topological polar surface area (TPSA) is 55.0 Å². The van der Waals surface area contributed by atoms with Crippen LogP contribution in [0.15, 0.2) is 12.4 Å². The van der Waals surface area contributed by atoms with Crippen molar-refractivity contribution in [2.75, 3.05) is 18.5 Å². The molecular formula is C8H12N4S. The van der Waals surface area contributed by atoms with Gasteiger partial charge in [0, 0.05) is 13.6 Å². The molecule has 0 aliphatic carbocycles. The highest BCUT2D eigenvalue weighted by atomic mass is 32.1. The molecule has 2 N–H and O–H groups in total. The first kappa shape index (κ1) is 9.85. The van der Waals surface area contributed by atoms with Gasteiger partial charge in [0.2, 0.25) is 0 Å². The minimum Gasteiger partial charge on any atom is -0.388 e. The van der Waals surface area contributed by atoms with E-state index in [-0.39, 0.29) is 4.99 Å². The molecule has 0 radical (unpaired) electrons. The van der Waals surface area contributed by atoms with Gasteiger partial charge in [-0.1, -0.05) is 12.2 Å². The molecule has 0 saturated carbocycles. The molecule has 1 aromatic heterocycles. The largest absolute Gasteiger partial charge is 0.388 e. The molecule has 0 saturated heterocycles. The normalized spacial score (nSPS) is 9.69. The Morgan fingerprint density at radius 3 is 2.62 bits per heavy atom. The summed E-state index contributed by atoms with van der Waals surface area (Å²) >= 11 is 4.76. The Kier molecular flexibility index (Phi) is 3.13. The summed E-state index contributed by atoms with van der Waals surface area (Å²) in [6.45, 7) is 2.93. The molecule has 1 heterocycles. The molecule has 0 fully saturated rings. The lowest BCUT2D eigenvalue weighted by Gasteiger charge is -2.14. The van der Waals surface area contributed by atoms with E-state index < -0.39 is 0 Å². The van der Waals surface area contributed by atoms with Crippen molar-refractivity contribution in [1.82, 2.24) is 9.97 Å². The smallest absolute Gasteiger partial charge is 0.146 e. The molecule has 0 amide bonds. The summed E-state index contributed by atoms with van der Waals surface area (Å²) in [5.74, 6) is 0.822. The second-order valence-electron chi connectivity index (χ2n) is 2.64. The van der Waals surface area contributed by atoms with Gasteiger partial charge in [-0.2, -0.15) is 0 Å². The summed E-state index contributed by atoms with van der Waals surface area (Å²) in [5.41, 5.74) is 5.95. The lowest BCUT2D eigenvalue weighted by Crippen LogP contribution is -2.19. The van der Waals surface area contributed by atoms with Crippen molar-refractivity contribution in [3.05, 3.63) is 18.1 Å². The fraction of sp³-hybridized carbons (Fsp3) is 0.375. The maximum Gasteiger partial charge on any atom is 0.146 e. The van der Waals surface area contributed by atoms with Crippen LogP contribution in [0.25, 0.3) is 0 Å². The van der Waals surface area contributed by atoms with E-state index >= 15 is 0 Å². The molecule has 70 valence electrons. The Balaban J connectivity index is 2.87. The molecule has 4 nitrogen and oxygen atoms in total. The first-order valence-corrected chi connectivity index (χ1v) is 4.39. The van der Waals surface area contributed by atoms with Crippen LogP contribution in [0.3, 0.4) is 0 Å². The maximum absolute atomic E-state index is 5.39. The molecule has 0 aliphatic heterocycles. The highest BCUT2D eigenvalue weighted by Crippen LogP contribution is 2.05. The van der Waals surface area contributed by atoms with Gasteiger partial charge in [0.25, 0.3) is 0 Å². The van der Waals surface area contributed by atoms with Crippen molar-refractivity contribution in [3.63, 3.8) is 0 Å². The fourth-order valence-electron chi connectivity index (χ4n) is 0.808. The molecular weight excluding hydrogens is 184 g/mol. The summed E-state index contributed by atoms with van der Waals surface area (Å²) < 4.78 is 0. The van der Waals surface area contributed by atoms with Crippen LogP contribution < -0.4 is 10.6 Å². The number of hydrogen-bond donors (Lipinski definition) is 1. The predicted octanol–water partition coefficient (Wildman–Crippen LogP) is 0.567. The predicted molar refractivity (Wildman–Crippen MR) is 56.9 cm³/mol. The van der Waals surface area contributed by atoms with Crippen molar-refractivity contribution >= 4 is 23.0 Å². The molecule has 13 heavy (non-hydrogen) atoms. The van der Waals surface area contributed by atoms with Crippen LogP contribution in [-0.4, -0.2) is 28.5 Å². The van der Waals surface area contributed by atoms with Gasteiger partial charge in [-0.15, -0.1) is 0 Å². The lowest BCUT2D eigenvalue weighted by molar-refractivity contribution is 0.926. The Morgan fingerprint density at radius 2 is 2.23 bits per heavy atom. The zero-order chi connectivity index (χ0) is 9.84. The monoisotopic (exact) mass is 196 g/mol. The van der Waals surface area contributed by atoms with Gasteiger partial charge in [-0.05, 0) is 6.92 Å². The molecule has 1 rings (SSSR count). The van der Waals surface area contributed by atoms with E-state index in [0.29, 0.717) is 5.69 Å². The minimum atomic E-state index is 0.276. The van der Waals surface area contributed by atoms with E-state index in [1.165, 1.54) is 0 Å². The molecule has 0 atom stereocenters. The maximum atomic E-state index is 5.39. The summed E-state index contributed by atoms with van der Waals surface area (Å²) in [7, 11) is 1.95. The van der Waals surface area contributed by atoms with Crippen LogP contribution >= 0.6 is 12.2 Å². The third kappa shape index (κ3) is 2.35. The fourth-order valence-corrected chi connectivity index (χ4v) is 0.913. The summed E-state index contributed by atoms with van der Waals surface area (Å²) in [6, 6.07) is 0. The summed E-state index contributed by atoms with van der Waals surface area (Å²) in [5, 5.41) is 0. The van der Waals surface area contributed by atoms with Crippen molar-refractivity contribution in [1.29, 1.82) is 0 Å². The van der Waals surface area contributed by atoms with Gasteiger partial charge in [0.15, 0.2) is 0 Å². The molecule has 0 aromatic carbocycles. The quantitative estimate of drug-likeness (QED) is 0.716. The number of nitrogens with zero attached hydrogens (tertiary/aromatic N) is 3. The molecule has 0 unspecified atom stereocenters.